The second kappa shape index (κ2) is 6.19. The first-order valence-corrected chi connectivity index (χ1v) is 5.22. The van der Waals surface area contributed by atoms with Gasteiger partial charge >= 0.3 is 0 Å². The van der Waals surface area contributed by atoms with Crippen molar-refractivity contribution < 1.29 is 4.79 Å². The van der Waals surface area contributed by atoms with E-state index >= 15 is 0 Å². The van der Waals surface area contributed by atoms with Crippen LogP contribution in [0.15, 0.2) is 30.3 Å². The first kappa shape index (κ1) is 11.7. The van der Waals surface area contributed by atoms with Crippen molar-refractivity contribution >= 4 is 5.91 Å². The van der Waals surface area contributed by atoms with E-state index in [9.17, 15) is 4.79 Å². The molecule has 0 aliphatic rings. The molecule has 0 unspecified atom stereocenters. The molecule has 3 nitrogen and oxygen atoms in total. The third-order valence-electron chi connectivity index (χ3n) is 2.21. The molecule has 1 amide bonds. The van der Waals surface area contributed by atoms with Gasteiger partial charge in [0, 0.05) is 13.6 Å². The first-order chi connectivity index (χ1) is 7.24. The molecule has 0 spiro atoms. The van der Waals surface area contributed by atoms with Crippen molar-refractivity contribution in [3.63, 3.8) is 0 Å². The molecule has 0 heterocycles. The zero-order chi connectivity index (χ0) is 11.1. The number of nitrogens with zero attached hydrogens (tertiary/aromatic N) is 1. The molecule has 3 heteroatoms. The second-order valence-electron chi connectivity index (χ2n) is 3.52. The molecule has 15 heavy (non-hydrogen) atoms. The van der Waals surface area contributed by atoms with Crippen LogP contribution in [0.5, 0.6) is 0 Å². The molecule has 1 rings (SSSR count). The van der Waals surface area contributed by atoms with Gasteiger partial charge in [0.25, 0.3) is 0 Å². The van der Waals surface area contributed by atoms with Crippen LogP contribution in [0.25, 0.3) is 0 Å². The Labute approximate surface area is 91.1 Å². The van der Waals surface area contributed by atoms with Crippen LogP contribution in [0, 0.1) is 0 Å². The van der Waals surface area contributed by atoms with Crippen molar-refractivity contribution in [2.45, 2.75) is 13.5 Å². The highest BCUT2D eigenvalue weighted by Gasteiger charge is 2.07. The van der Waals surface area contributed by atoms with E-state index in [1.807, 2.05) is 44.3 Å². The number of carbonyl (C=O) groups excluding carboxylic acids is 1. The molecule has 0 saturated heterocycles. The molecule has 0 aromatic heterocycles. The minimum absolute atomic E-state index is 0.126. The molecule has 0 fully saturated rings. The van der Waals surface area contributed by atoms with E-state index < -0.39 is 0 Å². The zero-order valence-corrected chi connectivity index (χ0v) is 9.36. The highest BCUT2D eigenvalue weighted by molar-refractivity contribution is 5.77. The quantitative estimate of drug-likeness (QED) is 0.786. The van der Waals surface area contributed by atoms with Gasteiger partial charge in [-0.2, -0.15) is 0 Å². The molecular formula is C12H18N2O. The summed E-state index contributed by atoms with van der Waals surface area (Å²) >= 11 is 0. The SMILES string of the molecule is CCNCC(=O)N(C)Cc1ccccc1. The fourth-order valence-electron chi connectivity index (χ4n) is 1.31. The van der Waals surface area contributed by atoms with Gasteiger partial charge in [-0.05, 0) is 12.1 Å². The third-order valence-corrected chi connectivity index (χ3v) is 2.21. The Morgan fingerprint density at radius 3 is 2.60 bits per heavy atom. The predicted molar refractivity (Wildman–Crippen MR) is 61.5 cm³/mol. The molecule has 0 bridgehead atoms. The summed E-state index contributed by atoms with van der Waals surface area (Å²) < 4.78 is 0. The molecule has 0 aliphatic heterocycles. The van der Waals surface area contributed by atoms with Crippen molar-refractivity contribution in [2.75, 3.05) is 20.1 Å². The molecule has 0 saturated carbocycles. The number of nitrogens with one attached hydrogen (secondary N) is 1. The first-order valence-electron chi connectivity index (χ1n) is 5.22. The van der Waals surface area contributed by atoms with Crippen molar-refractivity contribution in [1.29, 1.82) is 0 Å². The van der Waals surface area contributed by atoms with Crippen LogP contribution in [-0.4, -0.2) is 30.9 Å². The van der Waals surface area contributed by atoms with Crippen molar-refractivity contribution in [3.05, 3.63) is 35.9 Å². The van der Waals surface area contributed by atoms with Gasteiger partial charge in [-0.25, -0.2) is 0 Å². The van der Waals surface area contributed by atoms with Crippen LogP contribution in [-0.2, 0) is 11.3 Å². The number of hydrogen-bond acceptors (Lipinski definition) is 2. The average molecular weight is 206 g/mol. The lowest BCUT2D eigenvalue weighted by Crippen LogP contribution is -2.35. The Balaban J connectivity index is 2.41. The zero-order valence-electron chi connectivity index (χ0n) is 9.36. The maximum absolute atomic E-state index is 11.6. The monoisotopic (exact) mass is 206 g/mol. The summed E-state index contributed by atoms with van der Waals surface area (Å²) in [5, 5.41) is 3.02. The molecule has 1 N–H and O–H groups in total. The smallest absolute Gasteiger partial charge is 0.236 e. The van der Waals surface area contributed by atoms with Gasteiger partial charge in [-0.1, -0.05) is 37.3 Å². The van der Waals surface area contributed by atoms with Gasteiger partial charge in [0.05, 0.1) is 6.54 Å². The van der Waals surface area contributed by atoms with Gasteiger partial charge in [-0.3, -0.25) is 4.79 Å². The fraction of sp³-hybridized carbons (Fsp3) is 0.417. The third kappa shape index (κ3) is 4.13. The van der Waals surface area contributed by atoms with E-state index in [-0.39, 0.29) is 5.91 Å². The minimum atomic E-state index is 0.126. The Morgan fingerprint density at radius 1 is 1.33 bits per heavy atom. The highest BCUT2D eigenvalue weighted by Crippen LogP contribution is 2.02. The van der Waals surface area contributed by atoms with Crippen molar-refractivity contribution in [3.8, 4) is 0 Å². The number of benzene rings is 1. The maximum Gasteiger partial charge on any atom is 0.236 e. The Bertz CT molecular complexity index is 298. The molecule has 82 valence electrons. The molecule has 0 atom stereocenters. The van der Waals surface area contributed by atoms with Gasteiger partial charge in [-0.15, -0.1) is 0 Å². The topological polar surface area (TPSA) is 32.3 Å². The lowest BCUT2D eigenvalue weighted by molar-refractivity contribution is -0.129. The van der Waals surface area contributed by atoms with Gasteiger partial charge < -0.3 is 10.2 Å². The summed E-state index contributed by atoms with van der Waals surface area (Å²) in [6.45, 7) is 3.90. The summed E-state index contributed by atoms with van der Waals surface area (Å²) in [5.74, 6) is 0.126. The van der Waals surface area contributed by atoms with Gasteiger partial charge in [0.1, 0.15) is 0 Å². The van der Waals surface area contributed by atoms with Crippen LogP contribution in [0.4, 0.5) is 0 Å². The van der Waals surface area contributed by atoms with Crippen LogP contribution >= 0.6 is 0 Å². The molecule has 0 aliphatic carbocycles. The summed E-state index contributed by atoms with van der Waals surface area (Å²) in [5.41, 5.74) is 1.16. The number of amides is 1. The average Bonchev–Trinajstić information content (AvgIpc) is 2.27. The summed E-state index contributed by atoms with van der Waals surface area (Å²) in [6, 6.07) is 9.99. The highest BCUT2D eigenvalue weighted by atomic mass is 16.2. The van der Waals surface area contributed by atoms with Crippen LogP contribution in [0.2, 0.25) is 0 Å². The summed E-state index contributed by atoms with van der Waals surface area (Å²) in [4.78, 5) is 13.3. The number of hydrogen-bond donors (Lipinski definition) is 1. The molecule has 0 radical (unpaired) electrons. The minimum Gasteiger partial charge on any atom is -0.340 e. The Hall–Kier alpha value is -1.35. The summed E-state index contributed by atoms with van der Waals surface area (Å²) in [7, 11) is 1.83. The van der Waals surface area contributed by atoms with E-state index in [1.165, 1.54) is 0 Å². The van der Waals surface area contributed by atoms with Crippen molar-refractivity contribution in [2.24, 2.45) is 0 Å². The lowest BCUT2D eigenvalue weighted by atomic mass is 10.2. The predicted octanol–water partition coefficient (Wildman–Crippen LogP) is 1.25. The number of carbonyl (C=O) groups is 1. The second-order valence-corrected chi connectivity index (χ2v) is 3.52. The normalized spacial score (nSPS) is 10.0. The van der Waals surface area contributed by atoms with E-state index in [4.69, 9.17) is 0 Å². The Kier molecular flexibility index (Phi) is 4.84. The molecule has 1 aromatic rings. The van der Waals surface area contributed by atoms with Crippen molar-refractivity contribution in [1.82, 2.24) is 10.2 Å². The molecule has 1 aromatic carbocycles. The fourth-order valence-corrected chi connectivity index (χ4v) is 1.31. The lowest BCUT2D eigenvalue weighted by Gasteiger charge is -2.17. The van der Waals surface area contributed by atoms with E-state index in [0.717, 1.165) is 12.1 Å². The Morgan fingerprint density at radius 2 is 2.00 bits per heavy atom. The van der Waals surface area contributed by atoms with Crippen LogP contribution < -0.4 is 5.32 Å². The summed E-state index contributed by atoms with van der Waals surface area (Å²) in [6.07, 6.45) is 0. The maximum atomic E-state index is 11.6. The van der Waals surface area contributed by atoms with E-state index in [1.54, 1.807) is 4.90 Å². The van der Waals surface area contributed by atoms with Crippen LogP contribution in [0.3, 0.4) is 0 Å². The van der Waals surface area contributed by atoms with E-state index in [2.05, 4.69) is 5.32 Å². The van der Waals surface area contributed by atoms with Gasteiger partial charge in [0.2, 0.25) is 5.91 Å². The largest absolute Gasteiger partial charge is 0.340 e. The van der Waals surface area contributed by atoms with E-state index in [0.29, 0.717) is 13.1 Å². The standard InChI is InChI=1S/C12H18N2O/c1-3-13-9-12(15)14(2)10-11-7-5-4-6-8-11/h4-8,13H,3,9-10H2,1-2H3. The van der Waals surface area contributed by atoms with Gasteiger partial charge in [0.15, 0.2) is 0 Å². The van der Waals surface area contributed by atoms with Crippen LogP contribution in [0.1, 0.15) is 12.5 Å². The number of rotatable bonds is 5. The number of likely N-dealkylation sites (N-methyl/N-ethyl adjacent to an activating group) is 2. The molecular weight excluding hydrogens is 188 g/mol.